The number of hydrogen-bond donors (Lipinski definition) is 2. The molecule has 7 heteroatoms. The Hall–Kier alpha value is -1.94. The number of rotatable bonds is 0. The third-order valence-corrected chi connectivity index (χ3v) is 6.90. The van der Waals surface area contributed by atoms with Crippen LogP contribution in [0.25, 0.3) is 0 Å². The van der Waals surface area contributed by atoms with E-state index >= 15 is 0 Å². The van der Waals surface area contributed by atoms with E-state index in [1.54, 1.807) is 7.05 Å². The zero-order valence-corrected chi connectivity index (χ0v) is 16.9. The first-order valence-corrected chi connectivity index (χ1v) is 10.6. The van der Waals surface area contributed by atoms with E-state index in [9.17, 15) is 19.6 Å². The molecule has 3 aliphatic rings. The fraction of sp³-hybridized carbons (Fsp3) is 0.810. The van der Waals surface area contributed by atoms with Crippen molar-refractivity contribution in [1.29, 1.82) is 5.26 Å². The second kappa shape index (κ2) is 8.60. The Bertz CT molecular complexity index is 673. The summed E-state index contributed by atoms with van der Waals surface area (Å²) in [5.74, 6) is -1.12. The molecule has 3 rings (SSSR count). The van der Waals surface area contributed by atoms with Gasteiger partial charge in [-0.25, -0.2) is 0 Å². The Morgan fingerprint density at radius 2 is 1.82 bits per heavy atom. The highest BCUT2D eigenvalue weighted by molar-refractivity contribution is 5.93. The van der Waals surface area contributed by atoms with E-state index in [0.29, 0.717) is 25.7 Å². The van der Waals surface area contributed by atoms with Crippen LogP contribution in [0.15, 0.2) is 0 Å². The smallest absolute Gasteiger partial charge is 0.239 e. The molecule has 154 valence electrons. The molecule has 0 aromatic rings. The molecule has 3 N–H and O–H groups in total. The van der Waals surface area contributed by atoms with E-state index in [1.807, 2.05) is 0 Å². The Morgan fingerprint density at radius 3 is 2.54 bits per heavy atom. The predicted molar refractivity (Wildman–Crippen MR) is 104 cm³/mol. The lowest BCUT2D eigenvalue weighted by molar-refractivity contribution is -0.144. The number of ketones is 1. The molecule has 2 aliphatic heterocycles. The van der Waals surface area contributed by atoms with E-state index in [-0.39, 0.29) is 35.5 Å². The highest BCUT2D eigenvalue weighted by Crippen LogP contribution is 2.37. The first kappa shape index (κ1) is 20.8. The van der Waals surface area contributed by atoms with Gasteiger partial charge in [-0.15, -0.1) is 0 Å². The molecular formula is C21H32N4O3. The Labute approximate surface area is 167 Å². The van der Waals surface area contributed by atoms with Crippen molar-refractivity contribution >= 4 is 17.6 Å². The molecule has 2 saturated heterocycles. The fourth-order valence-electron chi connectivity index (χ4n) is 5.23. The molecule has 7 nitrogen and oxygen atoms in total. The summed E-state index contributed by atoms with van der Waals surface area (Å²) in [5.41, 5.74) is 6.13. The summed E-state index contributed by atoms with van der Waals surface area (Å²) < 4.78 is 0. The van der Waals surface area contributed by atoms with Crippen LogP contribution in [0.3, 0.4) is 0 Å². The number of nitrogens with two attached hydrogens (primary N) is 1. The number of carbonyl (C=O) groups is 3. The minimum Gasteiger partial charge on any atom is -0.353 e. The van der Waals surface area contributed by atoms with Gasteiger partial charge in [0.1, 0.15) is 0 Å². The molecule has 3 fully saturated rings. The van der Waals surface area contributed by atoms with Crippen LogP contribution in [-0.4, -0.2) is 47.7 Å². The topological polar surface area (TPSA) is 116 Å². The lowest BCUT2D eigenvalue weighted by Crippen LogP contribution is -2.54. The van der Waals surface area contributed by atoms with Gasteiger partial charge < -0.3 is 16.0 Å². The van der Waals surface area contributed by atoms with E-state index in [0.717, 1.165) is 25.7 Å². The van der Waals surface area contributed by atoms with Gasteiger partial charge in [-0.1, -0.05) is 19.8 Å². The van der Waals surface area contributed by atoms with Crippen molar-refractivity contribution < 1.29 is 14.4 Å². The molecule has 0 aromatic heterocycles. The molecule has 4 bridgehead atoms. The lowest BCUT2D eigenvalue weighted by Gasteiger charge is -2.39. The first-order valence-electron chi connectivity index (χ1n) is 10.6. The zero-order chi connectivity index (χ0) is 20.4. The number of nitrogens with one attached hydrogen (secondary N) is 1. The van der Waals surface area contributed by atoms with Crippen LogP contribution in [-0.2, 0) is 14.4 Å². The van der Waals surface area contributed by atoms with Crippen LogP contribution in [0.4, 0.5) is 0 Å². The lowest BCUT2D eigenvalue weighted by atomic mass is 9.70. The van der Waals surface area contributed by atoms with Crippen molar-refractivity contribution in [3.05, 3.63) is 0 Å². The summed E-state index contributed by atoms with van der Waals surface area (Å²) in [6, 6.07) is 1.28. The van der Waals surface area contributed by atoms with Crippen molar-refractivity contribution in [2.75, 3.05) is 7.05 Å². The van der Waals surface area contributed by atoms with Gasteiger partial charge in [0.25, 0.3) is 0 Å². The van der Waals surface area contributed by atoms with Crippen LogP contribution in [0.5, 0.6) is 0 Å². The van der Waals surface area contributed by atoms with Gasteiger partial charge in [0.2, 0.25) is 11.8 Å². The Kier molecular flexibility index (Phi) is 6.39. The van der Waals surface area contributed by atoms with Crippen LogP contribution in [0.2, 0.25) is 0 Å². The Morgan fingerprint density at radius 1 is 1.11 bits per heavy atom. The average molecular weight is 389 g/mol. The number of amides is 2. The van der Waals surface area contributed by atoms with Crippen LogP contribution < -0.4 is 11.1 Å². The van der Waals surface area contributed by atoms with E-state index in [2.05, 4.69) is 18.3 Å². The van der Waals surface area contributed by atoms with Crippen molar-refractivity contribution in [1.82, 2.24) is 10.2 Å². The summed E-state index contributed by atoms with van der Waals surface area (Å²) in [6.45, 7) is 2.06. The summed E-state index contributed by atoms with van der Waals surface area (Å²) in [7, 11) is 1.66. The van der Waals surface area contributed by atoms with E-state index < -0.39 is 23.9 Å². The third kappa shape index (κ3) is 4.22. The van der Waals surface area contributed by atoms with Crippen LogP contribution in [0.1, 0.15) is 58.3 Å². The molecule has 28 heavy (non-hydrogen) atoms. The Balaban J connectivity index is 1.89. The zero-order valence-electron chi connectivity index (χ0n) is 16.9. The SMILES string of the molecule is CC1CC2C(=O)[C@H](C1)N(C)C(=O)[C@@H](N)CCCC[C@@H]1C[C@@H](C[C@H]2C#N)C(=O)N1. The number of likely N-dealkylation sites (N-methyl/N-ethyl adjacent to an activating group) is 1. The molecule has 0 radical (unpaired) electrons. The second-order valence-corrected chi connectivity index (χ2v) is 9.05. The van der Waals surface area contributed by atoms with Gasteiger partial charge in [0.05, 0.1) is 24.1 Å². The van der Waals surface area contributed by atoms with Crippen molar-refractivity contribution in [2.45, 2.75) is 76.4 Å². The summed E-state index contributed by atoms with van der Waals surface area (Å²) in [4.78, 5) is 39.9. The second-order valence-electron chi connectivity index (χ2n) is 9.05. The van der Waals surface area contributed by atoms with Gasteiger partial charge in [0.15, 0.2) is 5.78 Å². The predicted octanol–water partition coefficient (Wildman–Crippen LogP) is 1.36. The molecular weight excluding hydrogens is 356 g/mol. The monoisotopic (exact) mass is 388 g/mol. The highest BCUT2D eigenvalue weighted by atomic mass is 16.2. The van der Waals surface area contributed by atoms with Crippen molar-refractivity contribution in [3.8, 4) is 6.07 Å². The number of Topliss-reactive ketones (excluding diaryl/α,β-unsaturated/α-hetero) is 1. The number of carbonyl (C=O) groups excluding carboxylic acids is 3. The number of fused-ring (bicyclic) bond motifs is 4. The highest BCUT2D eigenvalue weighted by Gasteiger charge is 2.44. The minimum absolute atomic E-state index is 0.00852. The maximum atomic E-state index is 13.2. The van der Waals surface area contributed by atoms with Crippen LogP contribution >= 0.6 is 0 Å². The molecule has 2 amide bonds. The maximum Gasteiger partial charge on any atom is 0.239 e. The number of nitrogens with zero attached hydrogens (tertiary/aromatic N) is 2. The summed E-state index contributed by atoms with van der Waals surface area (Å²) in [5, 5.41) is 12.8. The van der Waals surface area contributed by atoms with Crippen molar-refractivity contribution in [3.63, 3.8) is 0 Å². The number of hydrogen-bond acceptors (Lipinski definition) is 5. The summed E-state index contributed by atoms with van der Waals surface area (Å²) >= 11 is 0. The van der Waals surface area contributed by atoms with Gasteiger partial charge in [-0.3, -0.25) is 14.4 Å². The minimum atomic E-state index is -0.615. The molecule has 2 unspecified atom stereocenters. The molecule has 2 heterocycles. The molecule has 1 aliphatic carbocycles. The third-order valence-electron chi connectivity index (χ3n) is 6.90. The van der Waals surface area contributed by atoms with Crippen molar-refractivity contribution in [2.24, 2.45) is 29.4 Å². The van der Waals surface area contributed by atoms with Gasteiger partial charge in [-0.05, 0) is 44.4 Å². The summed E-state index contributed by atoms with van der Waals surface area (Å²) in [6.07, 6.45) is 5.54. The van der Waals surface area contributed by atoms with E-state index in [4.69, 9.17) is 5.73 Å². The fourth-order valence-corrected chi connectivity index (χ4v) is 5.23. The standard InChI is InChI=1S/C21H32N4O3/c1-12-7-16-14(11-22)9-13-10-15(24-20(13)27)5-3-4-6-17(23)21(28)25(2)18(8-12)19(16)26/h12-18H,3-10,23H2,1-2H3,(H,24,27)/t12?,13-,14+,15-,16?,17+,18+/m1/s1. The van der Waals surface area contributed by atoms with Gasteiger partial charge in [-0.2, -0.15) is 5.26 Å². The molecule has 1 saturated carbocycles. The molecule has 7 atom stereocenters. The van der Waals surface area contributed by atoms with Gasteiger partial charge in [0, 0.05) is 24.9 Å². The average Bonchev–Trinajstić information content (AvgIpc) is 3.02. The number of nitriles is 1. The van der Waals surface area contributed by atoms with Gasteiger partial charge >= 0.3 is 0 Å². The molecule has 0 spiro atoms. The largest absolute Gasteiger partial charge is 0.353 e. The molecule has 0 aromatic carbocycles. The first-order chi connectivity index (χ1) is 13.3. The quantitative estimate of drug-likeness (QED) is 0.650. The van der Waals surface area contributed by atoms with Crippen LogP contribution in [0, 0.1) is 35.0 Å². The normalized spacial score (nSPS) is 40.3. The maximum absolute atomic E-state index is 13.2. The van der Waals surface area contributed by atoms with E-state index in [1.165, 1.54) is 4.90 Å².